The van der Waals surface area contributed by atoms with Crippen LogP contribution < -0.4 is 0 Å². The topological polar surface area (TPSA) is 37.3 Å². The molecule has 1 aliphatic carbocycles. The number of carbonyl (C=O) groups excluding carboxylic acids is 1. The van der Waals surface area contributed by atoms with Crippen LogP contribution in [-0.4, -0.2) is 17.0 Å². The molecule has 80 valence electrons. The predicted molar refractivity (Wildman–Crippen MR) is 56.9 cm³/mol. The normalized spacial score (nSPS) is 27.9. The van der Waals surface area contributed by atoms with Crippen molar-refractivity contribution in [1.29, 1.82) is 0 Å². The Morgan fingerprint density at radius 3 is 2.79 bits per heavy atom. The number of carbonyl (C=O) groups is 1. The van der Waals surface area contributed by atoms with E-state index in [1.807, 2.05) is 26.0 Å². The molecule has 14 heavy (non-hydrogen) atoms. The van der Waals surface area contributed by atoms with Gasteiger partial charge < -0.3 is 5.11 Å². The minimum atomic E-state index is -0.487. The highest BCUT2D eigenvalue weighted by atomic mass is 16.3. The number of aliphatic hydroxyl groups is 1. The second kappa shape index (κ2) is 5.30. The fraction of sp³-hybridized carbons (Fsp3) is 0.750. The van der Waals surface area contributed by atoms with Crippen LogP contribution in [-0.2, 0) is 4.79 Å². The van der Waals surface area contributed by atoms with Crippen molar-refractivity contribution in [1.82, 2.24) is 0 Å². The predicted octanol–water partition coefficient (Wildman–Crippen LogP) is 2.32. The summed E-state index contributed by atoms with van der Waals surface area (Å²) in [5.41, 5.74) is 0. The minimum Gasteiger partial charge on any atom is -0.392 e. The maximum Gasteiger partial charge on any atom is 0.138 e. The van der Waals surface area contributed by atoms with Gasteiger partial charge in [0.2, 0.25) is 0 Å². The zero-order valence-electron chi connectivity index (χ0n) is 9.07. The third-order valence-corrected chi connectivity index (χ3v) is 3.05. The summed E-state index contributed by atoms with van der Waals surface area (Å²) in [4.78, 5) is 11.6. The maximum absolute atomic E-state index is 11.6. The van der Waals surface area contributed by atoms with E-state index in [1.54, 1.807) is 0 Å². The Bertz CT molecular complexity index is 220. The van der Waals surface area contributed by atoms with Crippen LogP contribution in [0.3, 0.4) is 0 Å². The standard InChI is InChI=1S/C12H20O2/c1-3-6-9(2)12(14)10-7-4-5-8-11(10)13/h3,6,9-10,12,14H,4-5,7-8H2,1-2H3/b6-3+/t9-,10-,12-/m0/s1. The number of Topliss-reactive ketones (excluding diaryl/α,β-unsaturated/α-hetero) is 1. The van der Waals surface area contributed by atoms with Crippen molar-refractivity contribution in [3.05, 3.63) is 12.2 Å². The van der Waals surface area contributed by atoms with Crippen molar-refractivity contribution in [2.24, 2.45) is 11.8 Å². The third kappa shape index (κ3) is 2.68. The van der Waals surface area contributed by atoms with Crippen molar-refractivity contribution < 1.29 is 9.90 Å². The van der Waals surface area contributed by atoms with E-state index in [-0.39, 0.29) is 17.6 Å². The summed E-state index contributed by atoms with van der Waals surface area (Å²) in [7, 11) is 0. The van der Waals surface area contributed by atoms with Gasteiger partial charge in [-0.05, 0) is 19.8 Å². The molecule has 0 aromatic heterocycles. The number of ketones is 1. The molecule has 0 heterocycles. The van der Waals surface area contributed by atoms with Gasteiger partial charge in [-0.15, -0.1) is 0 Å². The van der Waals surface area contributed by atoms with Gasteiger partial charge in [0, 0.05) is 18.3 Å². The second-order valence-electron chi connectivity index (χ2n) is 4.19. The molecule has 1 N–H and O–H groups in total. The molecule has 0 aliphatic heterocycles. The van der Waals surface area contributed by atoms with Crippen LogP contribution in [0.1, 0.15) is 39.5 Å². The molecule has 0 bridgehead atoms. The Labute approximate surface area is 86.0 Å². The summed E-state index contributed by atoms with van der Waals surface area (Å²) in [6.07, 6.45) is 7.01. The first-order chi connectivity index (χ1) is 6.66. The van der Waals surface area contributed by atoms with Crippen LogP contribution in [0.25, 0.3) is 0 Å². The fourth-order valence-electron chi connectivity index (χ4n) is 2.15. The number of hydrogen-bond acceptors (Lipinski definition) is 2. The Morgan fingerprint density at radius 1 is 1.50 bits per heavy atom. The van der Waals surface area contributed by atoms with Gasteiger partial charge in [0.25, 0.3) is 0 Å². The highest BCUT2D eigenvalue weighted by Gasteiger charge is 2.31. The fourth-order valence-corrected chi connectivity index (χ4v) is 2.15. The summed E-state index contributed by atoms with van der Waals surface area (Å²) in [5.74, 6) is 0.224. The molecule has 0 aromatic rings. The van der Waals surface area contributed by atoms with Crippen molar-refractivity contribution in [3.8, 4) is 0 Å². The molecule has 1 saturated carbocycles. The molecule has 0 unspecified atom stereocenters. The first kappa shape index (κ1) is 11.4. The Hall–Kier alpha value is -0.630. The van der Waals surface area contributed by atoms with Crippen LogP contribution in [0, 0.1) is 11.8 Å². The first-order valence-corrected chi connectivity index (χ1v) is 5.50. The van der Waals surface area contributed by atoms with Crippen molar-refractivity contribution in [2.45, 2.75) is 45.6 Å². The van der Waals surface area contributed by atoms with E-state index in [2.05, 4.69) is 0 Å². The molecule has 0 amide bonds. The van der Waals surface area contributed by atoms with E-state index >= 15 is 0 Å². The van der Waals surface area contributed by atoms with Gasteiger partial charge in [-0.2, -0.15) is 0 Å². The summed E-state index contributed by atoms with van der Waals surface area (Å²) in [6.45, 7) is 3.90. The van der Waals surface area contributed by atoms with Gasteiger partial charge in [-0.3, -0.25) is 4.79 Å². The molecule has 2 nitrogen and oxygen atoms in total. The lowest BCUT2D eigenvalue weighted by molar-refractivity contribution is -0.129. The lowest BCUT2D eigenvalue weighted by Gasteiger charge is -2.28. The smallest absolute Gasteiger partial charge is 0.138 e. The third-order valence-electron chi connectivity index (χ3n) is 3.05. The summed E-state index contributed by atoms with van der Waals surface area (Å²) in [5, 5.41) is 9.97. The van der Waals surface area contributed by atoms with Crippen molar-refractivity contribution in [3.63, 3.8) is 0 Å². The second-order valence-corrected chi connectivity index (χ2v) is 4.19. The average molecular weight is 196 g/mol. The summed E-state index contributed by atoms with van der Waals surface area (Å²) >= 11 is 0. The molecule has 1 aliphatic rings. The van der Waals surface area contributed by atoms with E-state index in [9.17, 15) is 9.90 Å². The lowest BCUT2D eigenvalue weighted by Crippen LogP contribution is -2.34. The van der Waals surface area contributed by atoms with Gasteiger partial charge in [0.05, 0.1) is 6.10 Å². The number of aliphatic hydroxyl groups excluding tert-OH is 1. The summed E-state index contributed by atoms with van der Waals surface area (Å²) < 4.78 is 0. The van der Waals surface area contributed by atoms with E-state index < -0.39 is 6.10 Å². The van der Waals surface area contributed by atoms with Crippen LogP contribution in [0.15, 0.2) is 12.2 Å². The molecule has 1 rings (SSSR count). The first-order valence-electron chi connectivity index (χ1n) is 5.50. The van der Waals surface area contributed by atoms with Crippen LogP contribution in [0.4, 0.5) is 0 Å². The van der Waals surface area contributed by atoms with Gasteiger partial charge in [0.15, 0.2) is 0 Å². The maximum atomic E-state index is 11.6. The van der Waals surface area contributed by atoms with Crippen molar-refractivity contribution >= 4 is 5.78 Å². The Balaban J connectivity index is 2.57. The molecule has 2 heteroatoms. The highest BCUT2D eigenvalue weighted by molar-refractivity contribution is 5.82. The molecule has 0 spiro atoms. The highest BCUT2D eigenvalue weighted by Crippen LogP contribution is 2.27. The number of hydrogen-bond donors (Lipinski definition) is 1. The SMILES string of the molecule is C/C=C/[C@H](C)[C@H](O)[C@H]1CCCCC1=O. The van der Waals surface area contributed by atoms with Gasteiger partial charge in [0.1, 0.15) is 5.78 Å². The number of rotatable bonds is 3. The monoisotopic (exact) mass is 196 g/mol. The minimum absolute atomic E-state index is 0.0899. The average Bonchev–Trinajstić information content (AvgIpc) is 2.18. The molecule has 0 radical (unpaired) electrons. The molecule has 3 atom stereocenters. The van der Waals surface area contributed by atoms with E-state index in [4.69, 9.17) is 0 Å². The van der Waals surface area contributed by atoms with Gasteiger partial charge in [-0.25, -0.2) is 0 Å². The Morgan fingerprint density at radius 2 is 2.21 bits per heavy atom. The van der Waals surface area contributed by atoms with Gasteiger partial charge >= 0.3 is 0 Å². The van der Waals surface area contributed by atoms with Crippen molar-refractivity contribution in [2.75, 3.05) is 0 Å². The molecular weight excluding hydrogens is 176 g/mol. The quantitative estimate of drug-likeness (QED) is 0.703. The molecular formula is C12H20O2. The lowest BCUT2D eigenvalue weighted by atomic mass is 9.80. The molecule has 1 fully saturated rings. The largest absolute Gasteiger partial charge is 0.392 e. The molecule has 0 aromatic carbocycles. The van der Waals surface area contributed by atoms with E-state index in [1.165, 1.54) is 0 Å². The Kier molecular flexibility index (Phi) is 4.33. The summed E-state index contributed by atoms with van der Waals surface area (Å²) in [6, 6.07) is 0. The van der Waals surface area contributed by atoms with E-state index in [0.29, 0.717) is 6.42 Å². The van der Waals surface area contributed by atoms with Crippen LogP contribution in [0.5, 0.6) is 0 Å². The number of allylic oxidation sites excluding steroid dienone is 1. The zero-order chi connectivity index (χ0) is 10.6. The van der Waals surface area contributed by atoms with Crippen LogP contribution >= 0.6 is 0 Å². The van der Waals surface area contributed by atoms with Crippen LogP contribution in [0.2, 0.25) is 0 Å². The van der Waals surface area contributed by atoms with E-state index in [0.717, 1.165) is 19.3 Å². The molecule has 0 saturated heterocycles. The zero-order valence-corrected chi connectivity index (χ0v) is 9.07. The van der Waals surface area contributed by atoms with Gasteiger partial charge in [-0.1, -0.05) is 25.5 Å².